The van der Waals surface area contributed by atoms with Gasteiger partial charge in [-0.2, -0.15) is 0 Å². The third kappa shape index (κ3) is 1.42. The molecular weight excluding hydrogens is 178 g/mol. The van der Waals surface area contributed by atoms with Gasteiger partial charge in [-0.15, -0.1) is 0 Å². The van der Waals surface area contributed by atoms with Gasteiger partial charge in [0.05, 0.1) is 11.8 Å². The van der Waals surface area contributed by atoms with Crippen LogP contribution in [0.5, 0.6) is 0 Å². The molecular formula is C9H13N5. The van der Waals surface area contributed by atoms with Crippen molar-refractivity contribution in [1.29, 1.82) is 0 Å². The molecule has 0 amide bonds. The molecule has 0 saturated heterocycles. The van der Waals surface area contributed by atoms with E-state index in [9.17, 15) is 0 Å². The summed E-state index contributed by atoms with van der Waals surface area (Å²) in [5.41, 5.74) is 5.07. The average molecular weight is 191 g/mol. The van der Waals surface area contributed by atoms with Crippen LogP contribution in [-0.4, -0.2) is 33.6 Å². The molecule has 74 valence electrons. The molecule has 5 heteroatoms. The molecule has 0 spiro atoms. The summed E-state index contributed by atoms with van der Waals surface area (Å²) in [6, 6.07) is 1.95. The molecule has 0 fully saturated rings. The highest BCUT2D eigenvalue weighted by Crippen LogP contribution is 2.18. The zero-order chi connectivity index (χ0) is 10.1. The van der Waals surface area contributed by atoms with E-state index in [1.807, 2.05) is 36.8 Å². The van der Waals surface area contributed by atoms with Crippen molar-refractivity contribution in [2.24, 2.45) is 7.05 Å². The fourth-order valence-electron chi connectivity index (χ4n) is 1.36. The van der Waals surface area contributed by atoms with Gasteiger partial charge in [0.25, 0.3) is 0 Å². The molecule has 2 aromatic heterocycles. The maximum absolute atomic E-state index is 4.28. The van der Waals surface area contributed by atoms with Crippen molar-refractivity contribution in [1.82, 2.24) is 19.5 Å². The average Bonchev–Trinajstić information content (AvgIpc) is 2.49. The van der Waals surface area contributed by atoms with E-state index in [0.29, 0.717) is 0 Å². The number of aromatic nitrogens is 3. The van der Waals surface area contributed by atoms with Crippen molar-refractivity contribution in [2.75, 3.05) is 19.5 Å². The summed E-state index contributed by atoms with van der Waals surface area (Å²) < 4.78 is 1.97. The molecule has 2 rings (SSSR count). The highest BCUT2D eigenvalue weighted by molar-refractivity contribution is 5.85. The van der Waals surface area contributed by atoms with Crippen molar-refractivity contribution in [3.05, 3.63) is 18.6 Å². The highest BCUT2D eigenvalue weighted by Gasteiger charge is 2.06. The Kier molecular flexibility index (Phi) is 2.09. The number of fused-ring (bicyclic) bond motifs is 1. The van der Waals surface area contributed by atoms with E-state index < -0.39 is 0 Å². The third-order valence-electron chi connectivity index (χ3n) is 1.97. The Balaban J connectivity index is 2.54. The molecule has 14 heavy (non-hydrogen) atoms. The zero-order valence-electron chi connectivity index (χ0n) is 8.52. The van der Waals surface area contributed by atoms with Gasteiger partial charge >= 0.3 is 0 Å². The standard InChI is InChI=1S/C9H13N5/c1-13(2)12-9-8-7(4-5-10-9)14(3)6-11-8/h4-6H,1-3H3,(H,10,12). The van der Waals surface area contributed by atoms with E-state index in [1.54, 1.807) is 12.5 Å². The van der Waals surface area contributed by atoms with E-state index in [4.69, 9.17) is 0 Å². The molecule has 0 aliphatic heterocycles. The smallest absolute Gasteiger partial charge is 0.168 e. The third-order valence-corrected chi connectivity index (χ3v) is 1.97. The maximum atomic E-state index is 4.28. The number of aryl methyl sites for hydroxylation is 1. The van der Waals surface area contributed by atoms with Crippen molar-refractivity contribution in [2.45, 2.75) is 0 Å². The molecule has 0 radical (unpaired) electrons. The largest absolute Gasteiger partial charge is 0.334 e. The molecule has 1 N–H and O–H groups in total. The number of hydrazine groups is 1. The molecule has 0 unspecified atom stereocenters. The molecule has 0 aromatic carbocycles. The fraction of sp³-hybridized carbons (Fsp3) is 0.333. The van der Waals surface area contributed by atoms with Crippen molar-refractivity contribution in [3.63, 3.8) is 0 Å². The summed E-state index contributed by atoms with van der Waals surface area (Å²) in [6.07, 6.45) is 3.56. The van der Waals surface area contributed by atoms with Gasteiger partial charge in [-0.3, -0.25) is 0 Å². The SMILES string of the molecule is CN(C)Nc1nccc2c1ncn2C. The van der Waals surface area contributed by atoms with Crippen LogP contribution in [0, 0.1) is 0 Å². The van der Waals surface area contributed by atoms with Crippen LogP contribution in [0.15, 0.2) is 18.6 Å². The van der Waals surface area contributed by atoms with Crippen LogP contribution in [0.1, 0.15) is 0 Å². The predicted octanol–water partition coefficient (Wildman–Crippen LogP) is 0.857. The van der Waals surface area contributed by atoms with Gasteiger partial charge in [0, 0.05) is 27.3 Å². The van der Waals surface area contributed by atoms with Crippen LogP contribution in [0.2, 0.25) is 0 Å². The van der Waals surface area contributed by atoms with Crippen LogP contribution >= 0.6 is 0 Å². The molecule has 0 aliphatic rings. The lowest BCUT2D eigenvalue weighted by Crippen LogP contribution is -2.20. The summed E-state index contributed by atoms with van der Waals surface area (Å²) in [6.45, 7) is 0. The van der Waals surface area contributed by atoms with E-state index in [-0.39, 0.29) is 0 Å². The molecule has 0 bridgehead atoms. The molecule has 0 aliphatic carbocycles. The second-order valence-corrected chi connectivity index (χ2v) is 3.39. The fourth-order valence-corrected chi connectivity index (χ4v) is 1.36. The number of hydrogen-bond donors (Lipinski definition) is 1. The molecule has 2 heterocycles. The first-order chi connectivity index (χ1) is 6.68. The first-order valence-corrected chi connectivity index (χ1v) is 4.38. The van der Waals surface area contributed by atoms with E-state index in [1.165, 1.54) is 0 Å². The maximum Gasteiger partial charge on any atom is 0.168 e. The molecule has 0 saturated carbocycles. The quantitative estimate of drug-likeness (QED) is 0.715. The number of nitrogens with zero attached hydrogens (tertiary/aromatic N) is 4. The monoisotopic (exact) mass is 191 g/mol. The van der Waals surface area contributed by atoms with Gasteiger partial charge in [0.1, 0.15) is 5.52 Å². The second kappa shape index (κ2) is 3.26. The van der Waals surface area contributed by atoms with Gasteiger partial charge in [0.2, 0.25) is 0 Å². The predicted molar refractivity (Wildman–Crippen MR) is 55.8 cm³/mol. The van der Waals surface area contributed by atoms with Crippen molar-refractivity contribution >= 4 is 16.9 Å². The zero-order valence-corrected chi connectivity index (χ0v) is 8.52. The highest BCUT2D eigenvalue weighted by atomic mass is 15.5. The Morgan fingerprint density at radius 1 is 1.36 bits per heavy atom. The van der Waals surface area contributed by atoms with E-state index in [0.717, 1.165) is 16.9 Å². The van der Waals surface area contributed by atoms with Gasteiger partial charge < -0.3 is 9.99 Å². The Hall–Kier alpha value is -1.62. The number of rotatable bonds is 2. The Bertz CT molecular complexity index is 445. The minimum Gasteiger partial charge on any atom is -0.334 e. The molecule has 5 nitrogen and oxygen atoms in total. The summed E-state index contributed by atoms with van der Waals surface area (Å²) >= 11 is 0. The first-order valence-electron chi connectivity index (χ1n) is 4.38. The van der Waals surface area contributed by atoms with Crippen LogP contribution in [0.25, 0.3) is 11.0 Å². The number of nitrogens with one attached hydrogen (secondary N) is 1. The lowest BCUT2D eigenvalue weighted by Gasteiger charge is -2.12. The number of pyridine rings is 1. The topological polar surface area (TPSA) is 46.0 Å². The Morgan fingerprint density at radius 2 is 2.14 bits per heavy atom. The summed E-state index contributed by atoms with van der Waals surface area (Å²) in [7, 11) is 5.81. The summed E-state index contributed by atoms with van der Waals surface area (Å²) in [4.78, 5) is 8.51. The summed E-state index contributed by atoms with van der Waals surface area (Å²) in [5.74, 6) is 0.785. The lowest BCUT2D eigenvalue weighted by molar-refractivity contribution is 0.493. The van der Waals surface area contributed by atoms with Crippen LogP contribution in [-0.2, 0) is 7.05 Å². The second-order valence-electron chi connectivity index (χ2n) is 3.39. The number of hydrogen-bond acceptors (Lipinski definition) is 4. The van der Waals surface area contributed by atoms with E-state index in [2.05, 4.69) is 15.4 Å². The van der Waals surface area contributed by atoms with Crippen LogP contribution < -0.4 is 5.43 Å². The summed E-state index contributed by atoms with van der Waals surface area (Å²) in [5, 5.41) is 1.84. The minimum absolute atomic E-state index is 0.785. The molecule has 2 aromatic rings. The van der Waals surface area contributed by atoms with Gasteiger partial charge in [-0.05, 0) is 6.07 Å². The minimum atomic E-state index is 0.785. The number of anilines is 1. The first kappa shape index (κ1) is 8.96. The van der Waals surface area contributed by atoms with Gasteiger partial charge in [-0.1, -0.05) is 0 Å². The lowest BCUT2D eigenvalue weighted by atomic mass is 10.4. The van der Waals surface area contributed by atoms with Gasteiger partial charge in [0.15, 0.2) is 5.82 Å². The van der Waals surface area contributed by atoms with E-state index >= 15 is 0 Å². The van der Waals surface area contributed by atoms with Gasteiger partial charge in [-0.25, -0.2) is 15.0 Å². The Morgan fingerprint density at radius 3 is 2.86 bits per heavy atom. The van der Waals surface area contributed by atoms with Crippen LogP contribution in [0.3, 0.4) is 0 Å². The molecule has 0 atom stereocenters. The normalized spacial score (nSPS) is 11.1. The Labute approximate surface area is 82.3 Å². The van der Waals surface area contributed by atoms with Crippen molar-refractivity contribution < 1.29 is 0 Å². The van der Waals surface area contributed by atoms with Crippen molar-refractivity contribution in [3.8, 4) is 0 Å². The number of imidazole rings is 1. The van der Waals surface area contributed by atoms with Crippen LogP contribution in [0.4, 0.5) is 5.82 Å².